The van der Waals surface area contributed by atoms with E-state index in [-0.39, 0.29) is 5.91 Å². The van der Waals surface area contributed by atoms with Gasteiger partial charge in [0.05, 0.1) is 6.54 Å². The Morgan fingerprint density at radius 3 is 2.73 bits per heavy atom. The van der Waals surface area contributed by atoms with Gasteiger partial charge in [-0.15, -0.1) is 0 Å². The smallest absolute Gasteiger partial charge is 0.286 e. The largest absolute Gasteiger partial charge is 0.455 e. The third-order valence-corrected chi connectivity index (χ3v) is 2.00. The van der Waals surface area contributed by atoms with Gasteiger partial charge >= 0.3 is 0 Å². The molecule has 1 rings (SSSR count). The van der Waals surface area contributed by atoms with Crippen LogP contribution >= 0.6 is 0 Å². The minimum atomic E-state index is -0.202. The van der Waals surface area contributed by atoms with Gasteiger partial charge in [0, 0.05) is 6.54 Å². The summed E-state index contributed by atoms with van der Waals surface area (Å²) in [6.07, 6.45) is 1.79. The van der Waals surface area contributed by atoms with Gasteiger partial charge in [0.2, 0.25) is 0 Å². The van der Waals surface area contributed by atoms with Gasteiger partial charge in [-0.05, 0) is 31.5 Å². The molecule has 0 aliphatic heterocycles. The minimum Gasteiger partial charge on any atom is -0.455 e. The normalized spacial score (nSPS) is 10.3. The topological polar surface area (TPSA) is 94.3 Å². The van der Waals surface area contributed by atoms with Crippen LogP contribution in [-0.4, -0.2) is 19.0 Å². The number of furan rings is 1. The Kier molecular flexibility index (Phi) is 4.86. The van der Waals surface area contributed by atoms with Gasteiger partial charge < -0.3 is 21.2 Å². The summed E-state index contributed by atoms with van der Waals surface area (Å²) in [5.41, 5.74) is 10.7. The Morgan fingerprint density at radius 1 is 1.33 bits per heavy atom. The van der Waals surface area contributed by atoms with E-state index in [0.717, 1.165) is 12.8 Å². The van der Waals surface area contributed by atoms with Gasteiger partial charge in [0.25, 0.3) is 5.91 Å². The third-order valence-electron chi connectivity index (χ3n) is 2.00. The summed E-state index contributed by atoms with van der Waals surface area (Å²) in [4.78, 5) is 11.5. The van der Waals surface area contributed by atoms with Gasteiger partial charge in [0.1, 0.15) is 5.76 Å². The molecular formula is C10H17N3O2. The van der Waals surface area contributed by atoms with Crippen LogP contribution in [0.3, 0.4) is 0 Å². The molecular weight excluding hydrogens is 194 g/mol. The summed E-state index contributed by atoms with van der Waals surface area (Å²) < 4.78 is 5.19. The number of nitrogens with one attached hydrogen (secondary N) is 1. The van der Waals surface area contributed by atoms with E-state index in [1.807, 2.05) is 0 Å². The Morgan fingerprint density at radius 2 is 2.13 bits per heavy atom. The first kappa shape index (κ1) is 11.7. The molecule has 0 radical (unpaired) electrons. The molecule has 15 heavy (non-hydrogen) atoms. The summed E-state index contributed by atoms with van der Waals surface area (Å²) in [5.74, 6) is 0.719. The zero-order valence-electron chi connectivity index (χ0n) is 8.66. The maximum Gasteiger partial charge on any atom is 0.286 e. The summed E-state index contributed by atoms with van der Waals surface area (Å²) in [7, 11) is 0. The highest BCUT2D eigenvalue weighted by Crippen LogP contribution is 2.06. The van der Waals surface area contributed by atoms with Gasteiger partial charge in [-0.2, -0.15) is 0 Å². The number of hydrogen-bond acceptors (Lipinski definition) is 4. The summed E-state index contributed by atoms with van der Waals surface area (Å²) in [5, 5.41) is 2.74. The molecule has 1 aromatic heterocycles. The van der Waals surface area contributed by atoms with E-state index in [1.54, 1.807) is 12.1 Å². The van der Waals surface area contributed by atoms with E-state index >= 15 is 0 Å². The van der Waals surface area contributed by atoms with Gasteiger partial charge in [-0.1, -0.05) is 0 Å². The van der Waals surface area contributed by atoms with Crippen LogP contribution in [0, 0.1) is 0 Å². The van der Waals surface area contributed by atoms with Crippen molar-refractivity contribution in [3.05, 3.63) is 23.7 Å². The number of carbonyl (C=O) groups excluding carboxylic acids is 1. The predicted octanol–water partition coefficient (Wildman–Crippen LogP) is 0.207. The van der Waals surface area contributed by atoms with E-state index in [2.05, 4.69) is 5.32 Å². The quantitative estimate of drug-likeness (QED) is 0.586. The standard InChI is InChI=1S/C10H17N3O2/c11-5-1-2-6-13-10(14)9-4-3-8(7-12)15-9/h3-4H,1-2,5-7,11-12H2,(H,13,14). The molecule has 0 aromatic carbocycles. The molecule has 0 atom stereocenters. The SMILES string of the molecule is NCCCCNC(=O)c1ccc(CN)o1. The Hall–Kier alpha value is -1.33. The lowest BCUT2D eigenvalue weighted by Crippen LogP contribution is -2.24. The molecule has 1 heterocycles. The van der Waals surface area contributed by atoms with E-state index < -0.39 is 0 Å². The molecule has 0 aliphatic rings. The molecule has 84 valence electrons. The second-order valence-electron chi connectivity index (χ2n) is 3.22. The van der Waals surface area contributed by atoms with Crippen molar-refractivity contribution in [3.63, 3.8) is 0 Å². The second kappa shape index (κ2) is 6.21. The summed E-state index contributed by atoms with van der Waals surface area (Å²) in [6, 6.07) is 3.33. The second-order valence-corrected chi connectivity index (χ2v) is 3.22. The molecule has 5 N–H and O–H groups in total. The number of hydrogen-bond donors (Lipinski definition) is 3. The van der Waals surface area contributed by atoms with Gasteiger partial charge in [-0.3, -0.25) is 4.79 Å². The van der Waals surface area contributed by atoms with Crippen LogP contribution in [0.4, 0.5) is 0 Å². The van der Waals surface area contributed by atoms with Gasteiger partial charge in [0.15, 0.2) is 5.76 Å². The average molecular weight is 211 g/mol. The Labute approximate surface area is 88.8 Å². The van der Waals surface area contributed by atoms with Crippen LogP contribution in [0.1, 0.15) is 29.2 Å². The molecule has 5 nitrogen and oxygen atoms in total. The number of amides is 1. The van der Waals surface area contributed by atoms with E-state index in [9.17, 15) is 4.79 Å². The molecule has 5 heteroatoms. The number of nitrogens with two attached hydrogens (primary N) is 2. The number of rotatable bonds is 6. The van der Waals surface area contributed by atoms with Crippen LogP contribution in [-0.2, 0) is 6.54 Å². The summed E-state index contributed by atoms with van der Waals surface area (Å²) >= 11 is 0. The lowest BCUT2D eigenvalue weighted by atomic mass is 10.3. The lowest BCUT2D eigenvalue weighted by Gasteiger charge is -2.01. The first-order chi connectivity index (χ1) is 7.27. The fourth-order valence-corrected chi connectivity index (χ4v) is 1.17. The zero-order valence-corrected chi connectivity index (χ0v) is 8.66. The van der Waals surface area contributed by atoms with Crippen molar-refractivity contribution in [2.75, 3.05) is 13.1 Å². The van der Waals surface area contributed by atoms with E-state index in [4.69, 9.17) is 15.9 Å². The molecule has 1 amide bonds. The number of carbonyl (C=O) groups is 1. The highest BCUT2D eigenvalue weighted by Gasteiger charge is 2.09. The van der Waals surface area contributed by atoms with Crippen LogP contribution < -0.4 is 16.8 Å². The first-order valence-electron chi connectivity index (χ1n) is 5.05. The van der Waals surface area contributed by atoms with Crippen molar-refractivity contribution in [3.8, 4) is 0 Å². The molecule has 0 aliphatic carbocycles. The fourth-order valence-electron chi connectivity index (χ4n) is 1.17. The first-order valence-corrected chi connectivity index (χ1v) is 5.05. The molecule has 0 bridgehead atoms. The maximum absolute atomic E-state index is 11.5. The average Bonchev–Trinajstić information content (AvgIpc) is 2.72. The van der Waals surface area contributed by atoms with Crippen molar-refractivity contribution >= 4 is 5.91 Å². The van der Waals surface area contributed by atoms with Crippen LogP contribution in [0.25, 0.3) is 0 Å². The highest BCUT2D eigenvalue weighted by molar-refractivity contribution is 5.91. The van der Waals surface area contributed by atoms with Crippen LogP contribution in [0.15, 0.2) is 16.5 Å². The minimum absolute atomic E-state index is 0.202. The van der Waals surface area contributed by atoms with Crippen molar-refractivity contribution < 1.29 is 9.21 Å². The van der Waals surface area contributed by atoms with Crippen LogP contribution in [0.5, 0.6) is 0 Å². The van der Waals surface area contributed by atoms with Crippen molar-refractivity contribution in [2.45, 2.75) is 19.4 Å². The maximum atomic E-state index is 11.5. The van der Waals surface area contributed by atoms with Crippen LogP contribution in [0.2, 0.25) is 0 Å². The molecule has 0 saturated carbocycles. The molecule has 0 unspecified atom stereocenters. The lowest BCUT2D eigenvalue weighted by molar-refractivity contribution is 0.0923. The molecule has 0 spiro atoms. The fraction of sp³-hybridized carbons (Fsp3) is 0.500. The van der Waals surface area contributed by atoms with Crippen molar-refractivity contribution in [1.82, 2.24) is 5.32 Å². The van der Waals surface area contributed by atoms with Crippen molar-refractivity contribution in [2.24, 2.45) is 11.5 Å². The molecule has 0 fully saturated rings. The molecule has 0 saturated heterocycles. The Bertz CT molecular complexity index is 309. The van der Waals surface area contributed by atoms with E-state index in [1.165, 1.54) is 0 Å². The van der Waals surface area contributed by atoms with Gasteiger partial charge in [-0.25, -0.2) is 0 Å². The highest BCUT2D eigenvalue weighted by atomic mass is 16.4. The number of unbranched alkanes of at least 4 members (excludes halogenated alkanes) is 1. The zero-order chi connectivity index (χ0) is 11.1. The van der Waals surface area contributed by atoms with Crippen molar-refractivity contribution in [1.29, 1.82) is 0 Å². The third kappa shape index (κ3) is 3.73. The monoisotopic (exact) mass is 211 g/mol. The molecule has 1 aromatic rings. The summed E-state index contributed by atoms with van der Waals surface area (Å²) in [6.45, 7) is 1.57. The Balaban J connectivity index is 2.33. The van der Waals surface area contributed by atoms with E-state index in [0.29, 0.717) is 31.2 Å². The predicted molar refractivity (Wildman–Crippen MR) is 57.2 cm³/mol.